The van der Waals surface area contributed by atoms with Crippen LogP contribution in [-0.4, -0.2) is 26.1 Å². The molecule has 0 radical (unpaired) electrons. The van der Waals surface area contributed by atoms with E-state index < -0.39 is 0 Å². The van der Waals surface area contributed by atoms with E-state index in [9.17, 15) is 0 Å². The van der Waals surface area contributed by atoms with Crippen LogP contribution in [0.15, 0.2) is 42.7 Å². The monoisotopic (exact) mass is 342 g/mol. The lowest BCUT2D eigenvalue weighted by Gasteiger charge is -2.29. The van der Waals surface area contributed by atoms with Crippen molar-refractivity contribution >= 4 is 17.3 Å². The largest absolute Gasteiger partial charge is 0.352 e. The van der Waals surface area contributed by atoms with Crippen molar-refractivity contribution in [1.29, 1.82) is 0 Å². The third kappa shape index (κ3) is 3.18. The van der Waals surface area contributed by atoms with Gasteiger partial charge >= 0.3 is 0 Å². The maximum atomic E-state index is 5.67. The minimum absolute atomic E-state index is 0.0861. The SMILES string of the molecule is CCCCN1C(=S)N[C@@H](c2ccccn2)[C@H]1c1cccn1C(C)C. The molecule has 0 aromatic carbocycles. The Morgan fingerprint density at radius 1 is 1.25 bits per heavy atom. The molecular formula is C19H26N4S. The van der Waals surface area contributed by atoms with Gasteiger partial charge in [0, 0.05) is 30.7 Å². The van der Waals surface area contributed by atoms with Crippen molar-refractivity contribution < 1.29 is 0 Å². The van der Waals surface area contributed by atoms with Gasteiger partial charge in [-0.25, -0.2) is 0 Å². The van der Waals surface area contributed by atoms with Crippen molar-refractivity contribution in [3.05, 3.63) is 54.1 Å². The van der Waals surface area contributed by atoms with E-state index >= 15 is 0 Å². The molecule has 0 bridgehead atoms. The molecule has 2 aromatic rings. The molecule has 1 aliphatic rings. The minimum atomic E-state index is 0.0861. The van der Waals surface area contributed by atoms with Crippen molar-refractivity contribution in [2.45, 2.75) is 51.7 Å². The van der Waals surface area contributed by atoms with Gasteiger partial charge in [-0.2, -0.15) is 0 Å². The first-order chi connectivity index (χ1) is 11.6. The third-order valence-corrected chi connectivity index (χ3v) is 4.97. The highest BCUT2D eigenvalue weighted by molar-refractivity contribution is 7.80. The highest BCUT2D eigenvalue weighted by Gasteiger charge is 2.40. The van der Waals surface area contributed by atoms with E-state index in [1.807, 2.05) is 18.3 Å². The van der Waals surface area contributed by atoms with Gasteiger partial charge in [-0.1, -0.05) is 19.4 Å². The summed E-state index contributed by atoms with van der Waals surface area (Å²) in [5.41, 5.74) is 2.34. The summed E-state index contributed by atoms with van der Waals surface area (Å²) in [7, 11) is 0. The Morgan fingerprint density at radius 2 is 2.08 bits per heavy atom. The Morgan fingerprint density at radius 3 is 2.75 bits per heavy atom. The molecule has 128 valence electrons. The molecule has 5 heteroatoms. The van der Waals surface area contributed by atoms with Crippen molar-refractivity contribution in [3.63, 3.8) is 0 Å². The first-order valence-corrected chi connectivity index (χ1v) is 9.19. The number of hydrogen-bond acceptors (Lipinski definition) is 2. The van der Waals surface area contributed by atoms with E-state index in [1.165, 1.54) is 5.69 Å². The molecule has 1 N–H and O–H groups in total. The fourth-order valence-corrected chi connectivity index (χ4v) is 3.76. The molecule has 0 amide bonds. The highest BCUT2D eigenvalue weighted by Crippen LogP contribution is 2.39. The van der Waals surface area contributed by atoms with Gasteiger partial charge in [0.25, 0.3) is 0 Å². The summed E-state index contributed by atoms with van der Waals surface area (Å²) < 4.78 is 2.34. The average molecular weight is 343 g/mol. The van der Waals surface area contributed by atoms with E-state index in [-0.39, 0.29) is 12.1 Å². The lowest BCUT2D eigenvalue weighted by Crippen LogP contribution is -2.31. The molecule has 0 spiro atoms. The van der Waals surface area contributed by atoms with Crippen LogP contribution >= 0.6 is 12.2 Å². The molecule has 2 aromatic heterocycles. The summed E-state index contributed by atoms with van der Waals surface area (Å²) in [6, 6.07) is 11.1. The lowest BCUT2D eigenvalue weighted by molar-refractivity contribution is 0.295. The maximum absolute atomic E-state index is 5.67. The molecule has 1 aliphatic heterocycles. The molecular weight excluding hydrogens is 316 g/mol. The second-order valence-electron chi connectivity index (χ2n) is 6.61. The van der Waals surface area contributed by atoms with Gasteiger partial charge in [0.2, 0.25) is 0 Å². The lowest BCUT2D eigenvalue weighted by atomic mass is 10.0. The Kier molecular flexibility index (Phi) is 5.19. The number of aromatic nitrogens is 2. The normalized spacial score (nSPS) is 20.7. The summed E-state index contributed by atoms with van der Waals surface area (Å²) in [5.74, 6) is 0. The zero-order chi connectivity index (χ0) is 17.1. The number of thiocarbonyl (C=S) groups is 1. The number of nitrogens with one attached hydrogen (secondary N) is 1. The van der Waals surface area contributed by atoms with E-state index in [4.69, 9.17) is 12.2 Å². The van der Waals surface area contributed by atoms with E-state index in [2.05, 4.69) is 64.9 Å². The summed E-state index contributed by atoms with van der Waals surface area (Å²) in [4.78, 5) is 6.93. The quantitative estimate of drug-likeness (QED) is 0.796. The second kappa shape index (κ2) is 7.34. The molecule has 0 saturated carbocycles. The Labute approximate surface area is 149 Å². The van der Waals surface area contributed by atoms with Crippen LogP contribution in [0.25, 0.3) is 0 Å². The van der Waals surface area contributed by atoms with Crippen molar-refractivity contribution in [2.24, 2.45) is 0 Å². The van der Waals surface area contributed by atoms with Crippen LogP contribution in [0, 0.1) is 0 Å². The van der Waals surface area contributed by atoms with Gasteiger partial charge in [0.05, 0.1) is 17.8 Å². The molecule has 24 heavy (non-hydrogen) atoms. The van der Waals surface area contributed by atoms with Gasteiger partial charge in [0.15, 0.2) is 5.11 Å². The number of pyridine rings is 1. The number of unbranched alkanes of at least 4 members (excludes halogenated alkanes) is 1. The fourth-order valence-electron chi connectivity index (χ4n) is 3.42. The molecule has 0 unspecified atom stereocenters. The molecule has 4 nitrogen and oxygen atoms in total. The summed E-state index contributed by atoms with van der Waals surface area (Å²) >= 11 is 5.67. The summed E-state index contributed by atoms with van der Waals surface area (Å²) in [6.07, 6.45) is 6.31. The highest BCUT2D eigenvalue weighted by atomic mass is 32.1. The predicted molar refractivity (Wildman–Crippen MR) is 102 cm³/mol. The van der Waals surface area contributed by atoms with E-state index in [0.717, 1.165) is 30.2 Å². The smallest absolute Gasteiger partial charge is 0.170 e. The van der Waals surface area contributed by atoms with Crippen LogP contribution in [0.2, 0.25) is 0 Å². The zero-order valence-electron chi connectivity index (χ0n) is 14.6. The standard InChI is InChI=1S/C19H26N4S/c1-4-5-12-23-18(16-10-8-13-22(16)14(2)3)17(21-19(23)24)15-9-6-7-11-20-15/h6-11,13-14,17-18H,4-5,12H2,1-3H3,(H,21,24)/t17-,18+/m0/s1. The summed E-state index contributed by atoms with van der Waals surface area (Å²) in [5, 5.41) is 4.35. The first kappa shape index (κ1) is 17.0. The van der Waals surface area contributed by atoms with Crippen LogP contribution in [0.3, 0.4) is 0 Å². The average Bonchev–Trinajstić information content (AvgIpc) is 3.18. The molecule has 3 heterocycles. The van der Waals surface area contributed by atoms with Crippen LogP contribution < -0.4 is 5.32 Å². The topological polar surface area (TPSA) is 33.1 Å². The first-order valence-electron chi connectivity index (χ1n) is 8.78. The van der Waals surface area contributed by atoms with Gasteiger partial charge in [-0.3, -0.25) is 4.98 Å². The Balaban J connectivity index is 2.02. The van der Waals surface area contributed by atoms with Gasteiger partial charge in [0.1, 0.15) is 0 Å². The zero-order valence-corrected chi connectivity index (χ0v) is 15.5. The number of rotatable bonds is 6. The van der Waals surface area contributed by atoms with Gasteiger partial charge in [-0.15, -0.1) is 0 Å². The second-order valence-corrected chi connectivity index (χ2v) is 6.99. The van der Waals surface area contributed by atoms with Crippen LogP contribution in [0.4, 0.5) is 0 Å². The molecule has 0 aliphatic carbocycles. The maximum Gasteiger partial charge on any atom is 0.170 e. The number of nitrogens with zero attached hydrogens (tertiary/aromatic N) is 3. The van der Waals surface area contributed by atoms with E-state index in [1.54, 1.807) is 0 Å². The number of hydrogen-bond donors (Lipinski definition) is 1. The molecule has 3 rings (SSSR count). The van der Waals surface area contributed by atoms with Crippen LogP contribution in [-0.2, 0) is 0 Å². The minimum Gasteiger partial charge on any atom is -0.352 e. The van der Waals surface area contributed by atoms with Crippen molar-refractivity contribution in [3.8, 4) is 0 Å². The summed E-state index contributed by atoms with van der Waals surface area (Å²) in [6.45, 7) is 7.63. The van der Waals surface area contributed by atoms with Crippen LogP contribution in [0.1, 0.15) is 63.1 Å². The molecule has 1 fully saturated rings. The van der Waals surface area contributed by atoms with Gasteiger partial charge in [-0.05, 0) is 56.8 Å². The van der Waals surface area contributed by atoms with E-state index in [0.29, 0.717) is 6.04 Å². The fraction of sp³-hybridized carbons (Fsp3) is 0.474. The molecule has 2 atom stereocenters. The third-order valence-electron chi connectivity index (χ3n) is 4.62. The predicted octanol–water partition coefficient (Wildman–Crippen LogP) is 4.24. The van der Waals surface area contributed by atoms with Crippen molar-refractivity contribution in [1.82, 2.24) is 19.8 Å². The van der Waals surface area contributed by atoms with Gasteiger partial charge < -0.3 is 14.8 Å². The van der Waals surface area contributed by atoms with Crippen LogP contribution in [0.5, 0.6) is 0 Å². The van der Waals surface area contributed by atoms with Crippen molar-refractivity contribution in [2.75, 3.05) is 6.54 Å². The Bertz CT molecular complexity index is 680. The Hall–Kier alpha value is -1.88. The molecule has 1 saturated heterocycles.